The van der Waals surface area contributed by atoms with Gasteiger partial charge in [0.1, 0.15) is 18.1 Å². The molecule has 0 bridgehead atoms. The van der Waals surface area contributed by atoms with Gasteiger partial charge in [0.2, 0.25) is 0 Å². The highest BCUT2D eigenvalue weighted by Gasteiger charge is 2.04. The Hall–Kier alpha value is -1.10. The Kier molecular flexibility index (Phi) is 5.83. The van der Waals surface area contributed by atoms with Gasteiger partial charge in [0.05, 0.1) is 13.2 Å². The van der Waals surface area contributed by atoms with Gasteiger partial charge in [-0.1, -0.05) is 48.0 Å². The van der Waals surface area contributed by atoms with Crippen LogP contribution < -0.4 is 5.32 Å². The molecule has 0 aliphatic heterocycles. The molecular formula is C16H20BrNO2. The Balaban J connectivity index is 1.78. The highest BCUT2D eigenvalue weighted by molar-refractivity contribution is 9.10. The van der Waals surface area contributed by atoms with E-state index in [1.807, 2.05) is 36.4 Å². The summed E-state index contributed by atoms with van der Waals surface area (Å²) in [6.45, 7) is 6.04. The van der Waals surface area contributed by atoms with Gasteiger partial charge in [-0.25, -0.2) is 0 Å². The second-order valence-corrected chi connectivity index (χ2v) is 5.84. The molecule has 0 saturated heterocycles. The molecule has 2 aromatic rings. The maximum atomic E-state index is 5.70. The Morgan fingerprint density at radius 3 is 2.60 bits per heavy atom. The van der Waals surface area contributed by atoms with E-state index in [2.05, 4.69) is 35.1 Å². The minimum Gasteiger partial charge on any atom is -0.462 e. The summed E-state index contributed by atoms with van der Waals surface area (Å²) in [6.07, 6.45) is 0. The minimum absolute atomic E-state index is 0.454. The molecule has 0 unspecified atom stereocenters. The van der Waals surface area contributed by atoms with E-state index < -0.39 is 0 Å². The summed E-state index contributed by atoms with van der Waals surface area (Å²) in [5.41, 5.74) is 1.14. The topological polar surface area (TPSA) is 34.4 Å². The van der Waals surface area contributed by atoms with Crippen LogP contribution in [0.25, 0.3) is 0 Å². The molecule has 0 amide bonds. The summed E-state index contributed by atoms with van der Waals surface area (Å²) < 4.78 is 12.5. The van der Waals surface area contributed by atoms with Crippen LogP contribution in [0.4, 0.5) is 0 Å². The van der Waals surface area contributed by atoms with Gasteiger partial charge >= 0.3 is 0 Å². The van der Waals surface area contributed by atoms with Crippen LogP contribution in [0, 0.1) is 0 Å². The molecule has 108 valence electrons. The lowest BCUT2D eigenvalue weighted by molar-refractivity contribution is 0.0916. The van der Waals surface area contributed by atoms with Gasteiger partial charge in [0.25, 0.3) is 0 Å². The van der Waals surface area contributed by atoms with E-state index in [-0.39, 0.29) is 0 Å². The molecule has 0 saturated carbocycles. The zero-order valence-corrected chi connectivity index (χ0v) is 13.4. The average molecular weight is 338 g/mol. The van der Waals surface area contributed by atoms with Crippen molar-refractivity contribution in [1.82, 2.24) is 5.32 Å². The van der Waals surface area contributed by atoms with Gasteiger partial charge in [-0.05, 0) is 23.8 Å². The molecular weight excluding hydrogens is 318 g/mol. The van der Waals surface area contributed by atoms with Crippen LogP contribution in [0.3, 0.4) is 0 Å². The third-order valence-electron chi connectivity index (χ3n) is 2.86. The number of hydrogen-bond donors (Lipinski definition) is 1. The van der Waals surface area contributed by atoms with Gasteiger partial charge < -0.3 is 14.5 Å². The molecule has 2 rings (SSSR count). The number of furan rings is 1. The molecule has 1 aromatic heterocycles. The predicted octanol–water partition coefficient (Wildman–Crippen LogP) is 4.26. The number of ether oxygens (including phenoxy) is 1. The first-order chi connectivity index (χ1) is 9.65. The molecule has 3 nitrogen and oxygen atoms in total. The fraction of sp³-hybridized carbons (Fsp3) is 0.375. The normalized spacial score (nSPS) is 11.2. The van der Waals surface area contributed by atoms with Crippen molar-refractivity contribution in [2.24, 2.45) is 0 Å². The number of nitrogens with one attached hydrogen (secondary N) is 1. The van der Waals surface area contributed by atoms with Crippen LogP contribution in [-0.4, -0.2) is 6.04 Å². The van der Waals surface area contributed by atoms with E-state index in [4.69, 9.17) is 9.15 Å². The molecule has 0 spiro atoms. The van der Waals surface area contributed by atoms with Crippen LogP contribution in [0.5, 0.6) is 0 Å². The van der Waals surface area contributed by atoms with Gasteiger partial charge in [-0.15, -0.1) is 0 Å². The second-order valence-electron chi connectivity index (χ2n) is 4.99. The summed E-state index contributed by atoms with van der Waals surface area (Å²) in [4.78, 5) is 0. The fourth-order valence-electron chi connectivity index (χ4n) is 1.78. The van der Waals surface area contributed by atoms with E-state index in [0.29, 0.717) is 19.3 Å². The van der Waals surface area contributed by atoms with Crippen molar-refractivity contribution in [3.05, 3.63) is 58.0 Å². The van der Waals surface area contributed by atoms with Crippen molar-refractivity contribution < 1.29 is 9.15 Å². The fourth-order valence-corrected chi connectivity index (χ4v) is 2.18. The Bertz CT molecular complexity index is 537. The van der Waals surface area contributed by atoms with Crippen molar-refractivity contribution in [3.8, 4) is 0 Å². The number of benzene rings is 1. The van der Waals surface area contributed by atoms with Gasteiger partial charge in [0, 0.05) is 10.5 Å². The molecule has 1 aromatic carbocycles. The lowest BCUT2D eigenvalue weighted by Crippen LogP contribution is -2.21. The molecule has 0 atom stereocenters. The van der Waals surface area contributed by atoms with Gasteiger partial charge in [0.15, 0.2) is 0 Å². The lowest BCUT2D eigenvalue weighted by atomic mass is 10.2. The third kappa shape index (κ3) is 4.78. The average Bonchev–Trinajstić information content (AvgIpc) is 2.87. The molecule has 1 N–H and O–H groups in total. The molecule has 0 radical (unpaired) electrons. The highest BCUT2D eigenvalue weighted by Crippen LogP contribution is 2.17. The first kappa shape index (κ1) is 15.3. The predicted molar refractivity (Wildman–Crippen MR) is 83.3 cm³/mol. The van der Waals surface area contributed by atoms with Crippen molar-refractivity contribution >= 4 is 15.9 Å². The lowest BCUT2D eigenvalue weighted by Gasteiger charge is -2.06. The SMILES string of the molecule is CC(C)NCc1ccc(COCc2ccccc2Br)o1. The monoisotopic (exact) mass is 337 g/mol. The maximum Gasteiger partial charge on any atom is 0.129 e. The quantitative estimate of drug-likeness (QED) is 0.819. The first-order valence-electron chi connectivity index (χ1n) is 6.77. The molecule has 20 heavy (non-hydrogen) atoms. The van der Waals surface area contributed by atoms with Crippen LogP contribution in [0.1, 0.15) is 30.9 Å². The minimum atomic E-state index is 0.454. The molecule has 1 heterocycles. The summed E-state index contributed by atoms with van der Waals surface area (Å²) >= 11 is 3.51. The molecule has 0 aliphatic carbocycles. The van der Waals surface area contributed by atoms with Gasteiger partial charge in [-0.2, -0.15) is 0 Å². The number of hydrogen-bond acceptors (Lipinski definition) is 3. The Morgan fingerprint density at radius 1 is 1.10 bits per heavy atom. The zero-order chi connectivity index (χ0) is 14.4. The van der Waals surface area contributed by atoms with E-state index in [0.717, 1.165) is 28.1 Å². The first-order valence-corrected chi connectivity index (χ1v) is 7.56. The largest absolute Gasteiger partial charge is 0.462 e. The van der Waals surface area contributed by atoms with Crippen LogP contribution >= 0.6 is 15.9 Å². The Labute approximate surface area is 128 Å². The maximum absolute atomic E-state index is 5.70. The van der Waals surface area contributed by atoms with E-state index in [1.165, 1.54) is 0 Å². The smallest absolute Gasteiger partial charge is 0.129 e. The molecule has 0 aliphatic rings. The summed E-state index contributed by atoms with van der Waals surface area (Å²) in [5, 5.41) is 3.32. The van der Waals surface area contributed by atoms with E-state index in [1.54, 1.807) is 0 Å². The van der Waals surface area contributed by atoms with Crippen molar-refractivity contribution in [2.45, 2.75) is 39.6 Å². The van der Waals surface area contributed by atoms with Crippen LogP contribution in [0.2, 0.25) is 0 Å². The van der Waals surface area contributed by atoms with E-state index in [9.17, 15) is 0 Å². The summed E-state index contributed by atoms with van der Waals surface area (Å²) in [7, 11) is 0. The van der Waals surface area contributed by atoms with Crippen molar-refractivity contribution in [2.75, 3.05) is 0 Å². The van der Waals surface area contributed by atoms with Crippen molar-refractivity contribution in [1.29, 1.82) is 0 Å². The van der Waals surface area contributed by atoms with E-state index >= 15 is 0 Å². The number of halogens is 1. The molecule has 4 heteroatoms. The molecule has 0 fully saturated rings. The Morgan fingerprint density at radius 2 is 1.85 bits per heavy atom. The van der Waals surface area contributed by atoms with Gasteiger partial charge in [-0.3, -0.25) is 0 Å². The highest BCUT2D eigenvalue weighted by atomic mass is 79.9. The van der Waals surface area contributed by atoms with Crippen molar-refractivity contribution in [3.63, 3.8) is 0 Å². The number of rotatable bonds is 7. The summed E-state index contributed by atoms with van der Waals surface area (Å²) in [5.74, 6) is 1.80. The zero-order valence-electron chi connectivity index (χ0n) is 11.9. The second kappa shape index (κ2) is 7.62. The third-order valence-corrected chi connectivity index (χ3v) is 3.64. The van der Waals surface area contributed by atoms with Crippen LogP contribution in [0.15, 0.2) is 45.3 Å². The summed E-state index contributed by atoms with van der Waals surface area (Å²) in [6, 6.07) is 12.5. The van der Waals surface area contributed by atoms with Crippen LogP contribution in [-0.2, 0) is 24.5 Å². The standard InChI is InChI=1S/C16H20BrNO2/c1-12(2)18-9-14-7-8-15(20-14)11-19-10-13-5-3-4-6-16(13)17/h3-8,12,18H,9-11H2,1-2H3.